The zero-order chi connectivity index (χ0) is 10.0. The standard InChI is InChI=1S/C9H10BNO2/c1-6-3-8(10(12)13)4-7(2)9(6)5-11/h3-4,12-13H,1-2H3. The fraction of sp³-hybridized carbons (Fsp3) is 0.222. The van der Waals surface area contributed by atoms with Crippen molar-refractivity contribution in [3.05, 3.63) is 28.8 Å². The van der Waals surface area contributed by atoms with E-state index in [2.05, 4.69) is 6.07 Å². The van der Waals surface area contributed by atoms with E-state index in [1.807, 2.05) is 0 Å². The van der Waals surface area contributed by atoms with Crippen LogP contribution in [0, 0.1) is 25.2 Å². The summed E-state index contributed by atoms with van der Waals surface area (Å²) in [5, 5.41) is 26.6. The zero-order valence-corrected chi connectivity index (χ0v) is 7.57. The zero-order valence-electron chi connectivity index (χ0n) is 7.57. The van der Waals surface area contributed by atoms with Gasteiger partial charge >= 0.3 is 7.12 Å². The third-order valence-corrected chi connectivity index (χ3v) is 1.96. The molecule has 0 aliphatic heterocycles. The van der Waals surface area contributed by atoms with Gasteiger partial charge in [0, 0.05) is 0 Å². The van der Waals surface area contributed by atoms with E-state index in [1.165, 1.54) is 0 Å². The molecule has 1 aromatic rings. The van der Waals surface area contributed by atoms with Crippen molar-refractivity contribution in [2.24, 2.45) is 0 Å². The van der Waals surface area contributed by atoms with Gasteiger partial charge in [0.15, 0.2) is 0 Å². The first-order valence-corrected chi connectivity index (χ1v) is 3.93. The molecular weight excluding hydrogens is 165 g/mol. The molecule has 13 heavy (non-hydrogen) atoms. The summed E-state index contributed by atoms with van der Waals surface area (Å²) in [5.41, 5.74) is 2.56. The van der Waals surface area contributed by atoms with Crippen LogP contribution in [0.15, 0.2) is 12.1 Å². The molecule has 0 bridgehead atoms. The van der Waals surface area contributed by atoms with Gasteiger partial charge in [-0.05, 0) is 30.4 Å². The van der Waals surface area contributed by atoms with E-state index in [1.54, 1.807) is 26.0 Å². The van der Waals surface area contributed by atoms with Gasteiger partial charge in [0.1, 0.15) is 0 Å². The molecule has 1 aromatic carbocycles. The molecule has 2 N–H and O–H groups in total. The maximum atomic E-state index is 8.91. The Balaban J connectivity index is 3.30. The van der Waals surface area contributed by atoms with Crippen molar-refractivity contribution in [1.82, 2.24) is 0 Å². The van der Waals surface area contributed by atoms with E-state index in [0.29, 0.717) is 11.0 Å². The number of nitrogens with zero attached hydrogens (tertiary/aromatic N) is 1. The molecule has 0 unspecified atom stereocenters. The Kier molecular flexibility index (Phi) is 2.71. The largest absolute Gasteiger partial charge is 0.488 e. The van der Waals surface area contributed by atoms with Crippen molar-refractivity contribution in [1.29, 1.82) is 5.26 Å². The van der Waals surface area contributed by atoms with Gasteiger partial charge in [0.05, 0.1) is 11.6 Å². The summed E-state index contributed by atoms with van der Waals surface area (Å²) in [6.45, 7) is 3.55. The van der Waals surface area contributed by atoms with Crippen LogP contribution in [0.5, 0.6) is 0 Å². The summed E-state index contributed by atoms with van der Waals surface area (Å²) >= 11 is 0. The van der Waals surface area contributed by atoms with E-state index in [-0.39, 0.29) is 0 Å². The smallest absolute Gasteiger partial charge is 0.423 e. The second-order valence-electron chi connectivity index (χ2n) is 3.02. The molecule has 0 atom stereocenters. The van der Waals surface area contributed by atoms with Gasteiger partial charge < -0.3 is 10.0 Å². The SMILES string of the molecule is Cc1cc(B(O)O)cc(C)c1C#N. The molecule has 0 aliphatic carbocycles. The molecule has 3 nitrogen and oxygen atoms in total. The topological polar surface area (TPSA) is 64.2 Å². The normalized spacial score (nSPS) is 9.46. The Morgan fingerprint density at radius 3 is 2.00 bits per heavy atom. The first-order valence-electron chi connectivity index (χ1n) is 3.93. The molecule has 0 fully saturated rings. The third kappa shape index (κ3) is 1.89. The number of nitriles is 1. The molecule has 0 amide bonds. The summed E-state index contributed by atoms with van der Waals surface area (Å²) in [6.07, 6.45) is 0. The Bertz CT molecular complexity index is 345. The highest BCUT2D eigenvalue weighted by Gasteiger charge is 2.13. The number of benzene rings is 1. The summed E-state index contributed by atoms with van der Waals surface area (Å²) in [7, 11) is -1.47. The van der Waals surface area contributed by atoms with Crippen LogP contribution in [-0.4, -0.2) is 17.2 Å². The van der Waals surface area contributed by atoms with Crippen LogP contribution >= 0.6 is 0 Å². The van der Waals surface area contributed by atoms with Crippen molar-refractivity contribution in [3.8, 4) is 6.07 Å². The lowest BCUT2D eigenvalue weighted by atomic mass is 9.78. The lowest BCUT2D eigenvalue weighted by molar-refractivity contribution is 0.425. The summed E-state index contributed by atoms with van der Waals surface area (Å²) < 4.78 is 0. The molecule has 0 heterocycles. The molecule has 0 radical (unpaired) electrons. The van der Waals surface area contributed by atoms with Gasteiger partial charge in [-0.3, -0.25) is 0 Å². The predicted molar refractivity (Wildman–Crippen MR) is 50.5 cm³/mol. The van der Waals surface area contributed by atoms with E-state index in [0.717, 1.165) is 11.1 Å². The van der Waals surface area contributed by atoms with Gasteiger partial charge in [-0.25, -0.2) is 0 Å². The molecule has 66 valence electrons. The van der Waals surface area contributed by atoms with Crippen molar-refractivity contribution in [3.63, 3.8) is 0 Å². The summed E-state index contributed by atoms with van der Waals surface area (Å²) in [4.78, 5) is 0. The minimum Gasteiger partial charge on any atom is -0.423 e. The summed E-state index contributed by atoms with van der Waals surface area (Å²) in [5.74, 6) is 0. The first-order chi connectivity index (χ1) is 6.06. The maximum absolute atomic E-state index is 8.91. The maximum Gasteiger partial charge on any atom is 0.488 e. The number of aryl methyl sites for hydroxylation is 2. The van der Waals surface area contributed by atoms with Crippen LogP contribution in [0.1, 0.15) is 16.7 Å². The second kappa shape index (κ2) is 3.61. The lowest BCUT2D eigenvalue weighted by Crippen LogP contribution is -2.30. The van der Waals surface area contributed by atoms with Gasteiger partial charge in [0.25, 0.3) is 0 Å². The fourth-order valence-corrected chi connectivity index (χ4v) is 1.32. The Morgan fingerprint density at radius 2 is 1.69 bits per heavy atom. The molecule has 0 spiro atoms. The van der Waals surface area contributed by atoms with E-state index < -0.39 is 7.12 Å². The Morgan fingerprint density at radius 1 is 1.23 bits per heavy atom. The molecule has 1 rings (SSSR count). The number of hydrogen-bond acceptors (Lipinski definition) is 3. The monoisotopic (exact) mass is 175 g/mol. The molecule has 4 heteroatoms. The van der Waals surface area contributed by atoms with Gasteiger partial charge in [-0.2, -0.15) is 5.26 Å². The van der Waals surface area contributed by atoms with Crippen LogP contribution in [0.3, 0.4) is 0 Å². The molecular formula is C9H10BNO2. The van der Waals surface area contributed by atoms with Gasteiger partial charge in [-0.15, -0.1) is 0 Å². The second-order valence-corrected chi connectivity index (χ2v) is 3.02. The first kappa shape index (κ1) is 9.78. The fourth-order valence-electron chi connectivity index (χ4n) is 1.32. The minimum absolute atomic E-state index is 0.425. The van der Waals surface area contributed by atoms with E-state index in [4.69, 9.17) is 15.3 Å². The summed E-state index contributed by atoms with van der Waals surface area (Å²) in [6, 6.07) is 5.28. The van der Waals surface area contributed by atoms with Gasteiger partial charge in [-0.1, -0.05) is 12.1 Å². The molecule has 0 aliphatic rings. The average Bonchev–Trinajstić information content (AvgIpc) is 2.03. The van der Waals surface area contributed by atoms with Crippen LogP contribution in [-0.2, 0) is 0 Å². The van der Waals surface area contributed by atoms with Crippen LogP contribution in [0.4, 0.5) is 0 Å². The van der Waals surface area contributed by atoms with E-state index in [9.17, 15) is 0 Å². The number of hydrogen-bond donors (Lipinski definition) is 2. The highest BCUT2D eigenvalue weighted by atomic mass is 16.4. The van der Waals surface area contributed by atoms with Crippen molar-refractivity contribution in [2.75, 3.05) is 0 Å². The van der Waals surface area contributed by atoms with E-state index >= 15 is 0 Å². The van der Waals surface area contributed by atoms with Crippen molar-refractivity contribution < 1.29 is 10.0 Å². The Labute approximate surface area is 77.4 Å². The van der Waals surface area contributed by atoms with Crippen molar-refractivity contribution in [2.45, 2.75) is 13.8 Å². The highest BCUT2D eigenvalue weighted by molar-refractivity contribution is 6.58. The van der Waals surface area contributed by atoms with Crippen molar-refractivity contribution >= 4 is 12.6 Å². The molecule has 0 saturated heterocycles. The van der Waals surface area contributed by atoms with Crippen LogP contribution in [0.25, 0.3) is 0 Å². The van der Waals surface area contributed by atoms with Crippen LogP contribution in [0.2, 0.25) is 0 Å². The average molecular weight is 175 g/mol. The molecule has 0 saturated carbocycles. The predicted octanol–water partition coefficient (Wildman–Crippen LogP) is -0.145. The quantitative estimate of drug-likeness (QED) is 0.583. The lowest BCUT2D eigenvalue weighted by Gasteiger charge is -2.05. The highest BCUT2D eigenvalue weighted by Crippen LogP contribution is 2.10. The third-order valence-electron chi connectivity index (χ3n) is 1.96. The minimum atomic E-state index is -1.47. The Hall–Kier alpha value is -1.31. The van der Waals surface area contributed by atoms with Crippen LogP contribution < -0.4 is 5.46 Å². The van der Waals surface area contributed by atoms with Gasteiger partial charge in [0.2, 0.25) is 0 Å². The number of rotatable bonds is 1. The molecule has 0 aromatic heterocycles.